The zero-order valence-electron chi connectivity index (χ0n) is 24.7. The fourth-order valence-corrected chi connectivity index (χ4v) is 8.92. The maximum absolute atomic E-state index is 15.5. The van der Waals surface area contributed by atoms with E-state index in [-0.39, 0.29) is 29.1 Å². The molecule has 2 fully saturated rings. The van der Waals surface area contributed by atoms with E-state index in [1.807, 2.05) is 13.8 Å². The average Bonchev–Trinajstić information content (AvgIpc) is 3.31. The van der Waals surface area contributed by atoms with Gasteiger partial charge in [0.2, 0.25) is 11.7 Å². The minimum absolute atomic E-state index is 0.0993. The van der Waals surface area contributed by atoms with Crippen molar-refractivity contribution < 1.29 is 28.3 Å². The van der Waals surface area contributed by atoms with E-state index in [0.717, 1.165) is 6.07 Å². The first-order chi connectivity index (χ1) is 21.1. The van der Waals surface area contributed by atoms with Gasteiger partial charge in [-0.15, -0.1) is 0 Å². The Bertz CT molecular complexity index is 1860. The van der Waals surface area contributed by atoms with Crippen LogP contribution in [0, 0.1) is 36.8 Å². The highest BCUT2D eigenvalue weighted by Crippen LogP contribution is 2.73. The molecule has 0 spiro atoms. The largest absolute Gasteiger partial charge is 0.481 e. The molecular formula is C32H29ClF2IN5O4. The molecule has 4 atom stereocenters. The van der Waals surface area contributed by atoms with Crippen molar-refractivity contribution in [2.45, 2.75) is 49.6 Å². The number of likely N-dealkylation sites (tertiary alicyclic amines) is 1. The molecule has 1 aliphatic carbocycles. The number of alkyl halides is 1. The number of amides is 2. The van der Waals surface area contributed by atoms with Crippen LogP contribution < -0.4 is 5.32 Å². The normalized spacial score (nSPS) is 22.3. The van der Waals surface area contributed by atoms with Gasteiger partial charge in [-0.3, -0.25) is 18.8 Å². The number of aromatic nitrogens is 3. The van der Waals surface area contributed by atoms with Crippen molar-refractivity contribution >= 4 is 57.8 Å². The molecule has 3 heterocycles. The van der Waals surface area contributed by atoms with Crippen LogP contribution in [0.1, 0.15) is 53.5 Å². The van der Waals surface area contributed by atoms with Crippen LogP contribution in [0.4, 0.5) is 8.78 Å². The van der Waals surface area contributed by atoms with Crippen molar-refractivity contribution in [3.05, 3.63) is 88.0 Å². The van der Waals surface area contributed by atoms with Gasteiger partial charge in [-0.1, -0.05) is 48.0 Å². The van der Waals surface area contributed by atoms with Crippen LogP contribution in [0.2, 0.25) is 5.02 Å². The van der Waals surface area contributed by atoms with Gasteiger partial charge in [0.25, 0.3) is 5.91 Å². The van der Waals surface area contributed by atoms with E-state index in [2.05, 4.69) is 37.9 Å². The lowest BCUT2D eigenvalue weighted by atomic mass is 9.91. The first-order valence-electron chi connectivity index (χ1n) is 14.2. The number of carbonyl (C=O) groups excluding carboxylic acids is 2. The Morgan fingerprint density at radius 3 is 2.51 bits per heavy atom. The predicted molar refractivity (Wildman–Crippen MR) is 171 cm³/mol. The summed E-state index contributed by atoms with van der Waals surface area (Å²) in [5.41, 5.74) is 1.82. The second kappa shape index (κ2) is 11.0. The summed E-state index contributed by atoms with van der Waals surface area (Å²) in [6, 6.07) is 5.05. The second-order valence-electron chi connectivity index (χ2n) is 12.3. The van der Waals surface area contributed by atoms with Gasteiger partial charge in [0.05, 0.1) is 15.9 Å². The standard InChI is InChI=1S/C32H29ClF2IN5O4/c1-15-8-18(33)9-16(2)24(15)17-10-19(25(35)20(34)11-17)21(12-23(42)43)38-28(44)26-27-31(3,4)32(27,36)14-41(26)29(45)22-13-40-7-5-6-37-30(40)39-22/h5-11,13,21,26-27H,12,14H2,1-4H3,(H,38,44)(H,42,43)/t21-,26-,27-,32?/m0/s1. The lowest BCUT2D eigenvalue weighted by Crippen LogP contribution is -2.51. The Labute approximate surface area is 276 Å². The van der Waals surface area contributed by atoms with Crippen molar-refractivity contribution in [2.24, 2.45) is 11.3 Å². The van der Waals surface area contributed by atoms with Gasteiger partial charge in [-0.2, -0.15) is 0 Å². The number of carboxylic acid groups (broad SMARTS) is 1. The number of rotatable bonds is 7. The Kier molecular flexibility index (Phi) is 7.66. The number of aryl methyl sites for hydroxylation is 2. The van der Waals surface area contributed by atoms with Crippen LogP contribution in [-0.4, -0.2) is 58.2 Å². The maximum Gasteiger partial charge on any atom is 0.305 e. The minimum Gasteiger partial charge on any atom is -0.481 e. The van der Waals surface area contributed by atoms with E-state index in [4.69, 9.17) is 11.6 Å². The second-order valence-corrected chi connectivity index (χ2v) is 14.7. The number of nitrogens with zero attached hydrogens (tertiary/aromatic N) is 4. The van der Waals surface area contributed by atoms with Gasteiger partial charge in [0, 0.05) is 41.6 Å². The molecule has 0 bridgehead atoms. The molecule has 6 rings (SSSR count). The highest BCUT2D eigenvalue weighted by atomic mass is 127. The Morgan fingerprint density at radius 2 is 1.87 bits per heavy atom. The monoisotopic (exact) mass is 747 g/mol. The van der Waals surface area contributed by atoms with Crippen LogP contribution in [0.25, 0.3) is 16.9 Å². The summed E-state index contributed by atoms with van der Waals surface area (Å²) in [7, 11) is 0. The quantitative estimate of drug-likeness (QED) is 0.179. The Hall–Kier alpha value is -3.65. The zero-order chi connectivity index (χ0) is 32.6. The zero-order valence-corrected chi connectivity index (χ0v) is 27.7. The molecule has 1 aliphatic heterocycles. The molecule has 45 heavy (non-hydrogen) atoms. The van der Waals surface area contributed by atoms with Crippen LogP contribution in [0.15, 0.2) is 48.9 Å². The number of piperidine rings is 1. The molecule has 1 saturated heterocycles. The van der Waals surface area contributed by atoms with Crippen molar-refractivity contribution in [1.29, 1.82) is 0 Å². The summed E-state index contributed by atoms with van der Waals surface area (Å²) >= 11 is 8.46. The van der Waals surface area contributed by atoms with E-state index in [1.165, 1.54) is 17.2 Å². The highest BCUT2D eigenvalue weighted by Gasteiger charge is 2.79. The summed E-state index contributed by atoms with van der Waals surface area (Å²) in [6.07, 6.45) is 4.07. The van der Waals surface area contributed by atoms with Crippen molar-refractivity contribution in [1.82, 2.24) is 24.6 Å². The van der Waals surface area contributed by atoms with E-state index in [0.29, 0.717) is 33.1 Å². The van der Waals surface area contributed by atoms with Crippen molar-refractivity contribution in [2.75, 3.05) is 6.54 Å². The third kappa shape index (κ3) is 5.15. The summed E-state index contributed by atoms with van der Waals surface area (Å²) in [4.78, 5) is 49.8. The lowest BCUT2D eigenvalue weighted by molar-refractivity contribution is -0.138. The maximum atomic E-state index is 15.5. The SMILES string of the molecule is Cc1cc(Cl)cc(C)c1-c1cc(F)c(F)c([C@H](CC(=O)O)NC(=O)[C@@H]2[C@H]3C(C)(C)C3(I)CN2C(=O)c2cn3cccnc3n2)c1. The topological polar surface area (TPSA) is 117 Å². The number of benzene rings is 2. The Balaban J connectivity index is 1.37. The molecule has 2 aliphatic rings. The number of halogens is 4. The molecule has 234 valence electrons. The number of carbonyl (C=O) groups is 3. The highest BCUT2D eigenvalue weighted by molar-refractivity contribution is 14.1. The molecule has 13 heteroatoms. The van der Waals surface area contributed by atoms with Crippen LogP contribution in [-0.2, 0) is 9.59 Å². The number of fused-ring (bicyclic) bond motifs is 2. The molecule has 2 amide bonds. The Morgan fingerprint density at radius 1 is 1.18 bits per heavy atom. The lowest BCUT2D eigenvalue weighted by Gasteiger charge is -2.31. The molecule has 2 N–H and O–H groups in total. The number of carboxylic acids is 1. The van der Waals surface area contributed by atoms with Gasteiger partial charge in [0.1, 0.15) is 11.7 Å². The molecule has 4 aromatic rings. The fraction of sp³-hybridized carbons (Fsp3) is 0.344. The molecule has 1 unspecified atom stereocenters. The molecule has 9 nitrogen and oxygen atoms in total. The number of imidazole rings is 1. The van der Waals surface area contributed by atoms with Gasteiger partial charge in [-0.05, 0) is 71.8 Å². The van der Waals surface area contributed by atoms with Crippen molar-refractivity contribution in [3.8, 4) is 11.1 Å². The molecule has 2 aromatic heterocycles. The first kappa shape index (κ1) is 31.3. The van der Waals surface area contributed by atoms with E-state index in [1.54, 1.807) is 48.8 Å². The minimum atomic E-state index is -1.43. The molecular weight excluding hydrogens is 719 g/mol. The number of aliphatic carboxylic acids is 1. The van der Waals surface area contributed by atoms with Crippen LogP contribution >= 0.6 is 34.2 Å². The van der Waals surface area contributed by atoms with Gasteiger partial charge >= 0.3 is 5.97 Å². The molecule has 0 radical (unpaired) electrons. The summed E-state index contributed by atoms with van der Waals surface area (Å²) in [5.74, 6) is -4.87. The fourth-order valence-electron chi connectivity index (χ4n) is 6.93. The molecule has 2 aromatic carbocycles. The van der Waals surface area contributed by atoms with E-state index in [9.17, 15) is 19.5 Å². The summed E-state index contributed by atoms with van der Waals surface area (Å²) in [5, 5.41) is 12.9. The van der Waals surface area contributed by atoms with Crippen LogP contribution in [0.3, 0.4) is 0 Å². The van der Waals surface area contributed by atoms with Gasteiger partial charge in [-0.25, -0.2) is 18.7 Å². The average molecular weight is 748 g/mol. The van der Waals surface area contributed by atoms with Gasteiger partial charge in [0.15, 0.2) is 11.6 Å². The summed E-state index contributed by atoms with van der Waals surface area (Å²) in [6.45, 7) is 7.82. The van der Waals surface area contributed by atoms with Crippen molar-refractivity contribution in [3.63, 3.8) is 0 Å². The number of hydrogen-bond acceptors (Lipinski definition) is 5. The number of hydrogen-bond donors (Lipinski definition) is 2. The molecule has 1 saturated carbocycles. The first-order valence-corrected chi connectivity index (χ1v) is 15.7. The smallest absolute Gasteiger partial charge is 0.305 e. The predicted octanol–water partition coefficient (Wildman–Crippen LogP) is 5.93. The number of nitrogens with one attached hydrogen (secondary N) is 1. The van der Waals surface area contributed by atoms with Crippen LogP contribution in [0.5, 0.6) is 0 Å². The third-order valence-electron chi connectivity index (χ3n) is 9.21. The summed E-state index contributed by atoms with van der Waals surface area (Å²) < 4.78 is 31.8. The van der Waals surface area contributed by atoms with E-state index >= 15 is 8.78 Å². The van der Waals surface area contributed by atoms with E-state index < -0.39 is 51.3 Å². The van der Waals surface area contributed by atoms with Gasteiger partial charge < -0.3 is 15.3 Å². The third-order valence-corrected chi connectivity index (χ3v) is 11.8.